The first-order valence-corrected chi connectivity index (χ1v) is 5.27. The molecule has 2 N–H and O–H groups in total. The van der Waals surface area contributed by atoms with Crippen LogP contribution in [0.3, 0.4) is 0 Å². The summed E-state index contributed by atoms with van der Waals surface area (Å²) in [4.78, 5) is 10.4. The topological polar surface area (TPSA) is 49.3 Å². The molecule has 1 aromatic rings. The van der Waals surface area contributed by atoms with E-state index in [4.69, 9.17) is 5.11 Å². The summed E-state index contributed by atoms with van der Waals surface area (Å²) in [6.07, 6.45) is 0.927. The highest BCUT2D eigenvalue weighted by molar-refractivity contribution is 7.07. The molecule has 0 aliphatic carbocycles. The summed E-state index contributed by atoms with van der Waals surface area (Å²) in [5.41, 5.74) is 1.48. The fourth-order valence-corrected chi connectivity index (χ4v) is 1.69. The van der Waals surface area contributed by atoms with E-state index in [1.165, 1.54) is 5.56 Å². The van der Waals surface area contributed by atoms with E-state index in [9.17, 15) is 4.79 Å². The molecule has 4 heteroatoms. The average molecular weight is 211 g/mol. The summed E-state index contributed by atoms with van der Waals surface area (Å²) >= 11 is 1.67. The van der Waals surface area contributed by atoms with Crippen LogP contribution in [0.15, 0.2) is 29.0 Å². The van der Waals surface area contributed by atoms with Gasteiger partial charge in [0.25, 0.3) is 0 Å². The van der Waals surface area contributed by atoms with E-state index in [-0.39, 0.29) is 5.57 Å². The molecular weight excluding hydrogens is 198 g/mol. The molecule has 0 spiro atoms. The Hall–Kier alpha value is -1.13. The summed E-state index contributed by atoms with van der Waals surface area (Å²) in [5.74, 6) is -0.937. The van der Waals surface area contributed by atoms with Gasteiger partial charge in [0.05, 0.1) is 0 Å². The van der Waals surface area contributed by atoms with Crippen molar-refractivity contribution >= 4 is 17.3 Å². The monoisotopic (exact) mass is 211 g/mol. The molecule has 0 fully saturated rings. The third-order valence-electron chi connectivity index (χ3n) is 1.81. The highest BCUT2D eigenvalue weighted by Crippen LogP contribution is 2.05. The number of carboxylic acid groups (broad SMARTS) is 1. The third kappa shape index (κ3) is 3.72. The maximum atomic E-state index is 10.4. The van der Waals surface area contributed by atoms with Gasteiger partial charge in [-0.1, -0.05) is 6.58 Å². The molecule has 76 valence electrons. The molecule has 1 heterocycles. The van der Waals surface area contributed by atoms with Crippen molar-refractivity contribution in [3.8, 4) is 0 Å². The van der Waals surface area contributed by atoms with Gasteiger partial charge in [-0.05, 0) is 35.4 Å². The number of carboxylic acids is 1. The van der Waals surface area contributed by atoms with Crippen LogP contribution in [0.5, 0.6) is 0 Å². The number of hydrogen-bond donors (Lipinski definition) is 2. The molecule has 0 bridgehead atoms. The van der Waals surface area contributed by atoms with Crippen LogP contribution in [0.25, 0.3) is 0 Å². The van der Waals surface area contributed by atoms with Gasteiger partial charge in [0, 0.05) is 12.1 Å². The standard InChI is InChI=1S/C10H13NO2S/c1-8(10(12)13)6-11-4-2-9-3-5-14-7-9/h3,5,7,11H,1-2,4,6H2,(H,12,13). The lowest BCUT2D eigenvalue weighted by atomic mass is 10.2. The van der Waals surface area contributed by atoms with Crippen LogP contribution in [-0.2, 0) is 11.2 Å². The second kappa shape index (κ2) is 5.57. The number of aliphatic carboxylic acids is 1. The van der Waals surface area contributed by atoms with Crippen molar-refractivity contribution in [1.82, 2.24) is 5.32 Å². The molecule has 0 aromatic carbocycles. The molecule has 0 saturated heterocycles. The Morgan fingerprint density at radius 2 is 2.43 bits per heavy atom. The molecular formula is C10H13NO2S. The summed E-state index contributed by atoms with van der Waals surface area (Å²) in [6, 6.07) is 2.07. The maximum Gasteiger partial charge on any atom is 0.332 e. The van der Waals surface area contributed by atoms with Gasteiger partial charge in [0.2, 0.25) is 0 Å². The van der Waals surface area contributed by atoms with Crippen LogP contribution in [0, 0.1) is 0 Å². The maximum absolute atomic E-state index is 10.4. The quantitative estimate of drug-likeness (QED) is 0.554. The van der Waals surface area contributed by atoms with Crippen molar-refractivity contribution in [1.29, 1.82) is 0 Å². The number of thiophene rings is 1. The van der Waals surface area contributed by atoms with Gasteiger partial charge < -0.3 is 10.4 Å². The zero-order valence-corrected chi connectivity index (χ0v) is 8.64. The molecule has 3 nitrogen and oxygen atoms in total. The Kier molecular flexibility index (Phi) is 4.35. The molecule has 1 aromatic heterocycles. The molecule has 0 unspecified atom stereocenters. The third-order valence-corrected chi connectivity index (χ3v) is 2.54. The number of carbonyl (C=O) groups is 1. The second-order valence-corrected chi connectivity index (χ2v) is 3.75. The van der Waals surface area contributed by atoms with E-state index >= 15 is 0 Å². The van der Waals surface area contributed by atoms with E-state index in [1.54, 1.807) is 11.3 Å². The predicted octanol–water partition coefficient (Wildman–Crippen LogP) is 1.52. The Labute approximate surface area is 87.1 Å². The van der Waals surface area contributed by atoms with Crippen molar-refractivity contribution < 1.29 is 9.90 Å². The van der Waals surface area contributed by atoms with Crippen molar-refractivity contribution in [3.05, 3.63) is 34.5 Å². The lowest BCUT2D eigenvalue weighted by Gasteiger charge is -2.02. The Morgan fingerprint density at radius 1 is 1.64 bits per heavy atom. The van der Waals surface area contributed by atoms with Crippen molar-refractivity contribution in [2.75, 3.05) is 13.1 Å². The van der Waals surface area contributed by atoms with E-state index in [2.05, 4.69) is 23.3 Å². The van der Waals surface area contributed by atoms with Crippen LogP contribution in [0.1, 0.15) is 5.56 Å². The molecule has 0 saturated carbocycles. The SMILES string of the molecule is C=C(CNCCc1ccsc1)C(=O)O. The van der Waals surface area contributed by atoms with Crippen molar-refractivity contribution in [3.63, 3.8) is 0 Å². The first-order valence-electron chi connectivity index (χ1n) is 4.33. The van der Waals surface area contributed by atoms with E-state index in [1.807, 2.05) is 5.38 Å². The molecule has 0 aliphatic heterocycles. The lowest BCUT2D eigenvalue weighted by molar-refractivity contribution is -0.132. The summed E-state index contributed by atoms with van der Waals surface area (Å²) in [5, 5.41) is 15.7. The Bertz CT molecular complexity index is 306. The first-order chi connectivity index (χ1) is 6.70. The number of nitrogens with one attached hydrogen (secondary N) is 1. The molecule has 0 atom stereocenters. The zero-order valence-electron chi connectivity index (χ0n) is 7.82. The summed E-state index contributed by atoms with van der Waals surface area (Å²) in [6.45, 7) is 4.56. The van der Waals surface area contributed by atoms with E-state index < -0.39 is 5.97 Å². The lowest BCUT2D eigenvalue weighted by Crippen LogP contribution is -2.22. The minimum atomic E-state index is -0.937. The highest BCUT2D eigenvalue weighted by Gasteiger charge is 2.01. The van der Waals surface area contributed by atoms with Gasteiger partial charge in [-0.15, -0.1) is 0 Å². The zero-order chi connectivity index (χ0) is 10.4. The number of rotatable bonds is 6. The molecule has 14 heavy (non-hydrogen) atoms. The minimum absolute atomic E-state index is 0.204. The molecule has 0 aliphatic rings. The first kappa shape index (κ1) is 10.9. The van der Waals surface area contributed by atoms with Crippen LogP contribution in [0.2, 0.25) is 0 Å². The van der Waals surface area contributed by atoms with Crippen LogP contribution < -0.4 is 5.32 Å². The van der Waals surface area contributed by atoms with Gasteiger partial charge in [-0.3, -0.25) is 0 Å². The van der Waals surface area contributed by atoms with Gasteiger partial charge >= 0.3 is 5.97 Å². The van der Waals surface area contributed by atoms with E-state index in [0.717, 1.165) is 13.0 Å². The largest absolute Gasteiger partial charge is 0.478 e. The fraction of sp³-hybridized carbons (Fsp3) is 0.300. The Balaban J connectivity index is 2.11. The molecule has 0 radical (unpaired) electrons. The molecule has 0 amide bonds. The molecule has 1 rings (SSSR count). The van der Waals surface area contributed by atoms with Crippen LogP contribution in [0.4, 0.5) is 0 Å². The predicted molar refractivity (Wildman–Crippen MR) is 57.7 cm³/mol. The van der Waals surface area contributed by atoms with Crippen LogP contribution in [-0.4, -0.2) is 24.2 Å². The van der Waals surface area contributed by atoms with Gasteiger partial charge in [-0.2, -0.15) is 11.3 Å². The van der Waals surface area contributed by atoms with Gasteiger partial charge in [0.15, 0.2) is 0 Å². The van der Waals surface area contributed by atoms with E-state index in [0.29, 0.717) is 6.54 Å². The summed E-state index contributed by atoms with van der Waals surface area (Å²) in [7, 11) is 0. The Morgan fingerprint density at radius 3 is 3.00 bits per heavy atom. The smallest absolute Gasteiger partial charge is 0.332 e. The second-order valence-electron chi connectivity index (χ2n) is 2.97. The highest BCUT2D eigenvalue weighted by atomic mass is 32.1. The minimum Gasteiger partial charge on any atom is -0.478 e. The van der Waals surface area contributed by atoms with Gasteiger partial charge in [0.1, 0.15) is 0 Å². The van der Waals surface area contributed by atoms with Crippen LogP contribution >= 0.6 is 11.3 Å². The average Bonchev–Trinajstić information content (AvgIpc) is 2.64. The summed E-state index contributed by atoms with van der Waals surface area (Å²) < 4.78 is 0. The number of hydrogen-bond acceptors (Lipinski definition) is 3. The normalized spacial score (nSPS) is 10.0. The fourth-order valence-electron chi connectivity index (χ4n) is 0.983. The van der Waals surface area contributed by atoms with Crippen molar-refractivity contribution in [2.24, 2.45) is 0 Å². The van der Waals surface area contributed by atoms with Gasteiger partial charge in [-0.25, -0.2) is 4.79 Å². The van der Waals surface area contributed by atoms with Crippen molar-refractivity contribution in [2.45, 2.75) is 6.42 Å².